The van der Waals surface area contributed by atoms with E-state index in [2.05, 4.69) is 24.3 Å². The molecule has 1 aromatic heterocycles. The zero-order valence-electron chi connectivity index (χ0n) is 14.3. The lowest BCUT2D eigenvalue weighted by Gasteiger charge is -2.59. The third kappa shape index (κ3) is 1.75. The summed E-state index contributed by atoms with van der Waals surface area (Å²) in [5.74, 6) is 3.62. The van der Waals surface area contributed by atoms with Crippen LogP contribution in [0, 0.1) is 28.6 Å². The minimum absolute atomic E-state index is 0.0225. The molecule has 4 aliphatic rings. The van der Waals surface area contributed by atoms with Crippen LogP contribution in [0.25, 0.3) is 0 Å². The molecular formula is C20H27NOS. The lowest BCUT2D eigenvalue weighted by atomic mass is 9.46. The molecule has 3 heteroatoms. The fraction of sp³-hybridized carbons (Fsp3) is 0.800. The summed E-state index contributed by atoms with van der Waals surface area (Å²) in [6.07, 6.45) is 9.61. The van der Waals surface area contributed by atoms with Gasteiger partial charge in [0, 0.05) is 22.6 Å². The fourth-order valence-electron chi connectivity index (χ4n) is 7.15. The van der Waals surface area contributed by atoms with E-state index in [4.69, 9.17) is 0 Å². The van der Waals surface area contributed by atoms with Crippen LogP contribution in [-0.4, -0.2) is 10.8 Å². The summed E-state index contributed by atoms with van der Waals surface area (Å²) in [5.41, 5.74) is 3.94. The Morgan fingerprint density at radius 2 is 1.96 bits per heavy atom. The summed E-state index contributed by atoms with van der Waals surface area (Å²) < 4.78 is 0. The number of nitrogens with zero attached hydrogens (tertiary/aromatic N) is 1. The average molecular weight is 330 g/mol. The highest BCUT2D eigenvalue weighted by atomic mass is 32.1. The predicted octanol–water partition coefficient (Wildman–Crippen LogP) is 4.98. The highest BCUT2D eigenvalue weighted by Gasteiger charge is 2.60. The van der Waals surface area contributed by atoms with E-state index >= 15 is 0 Å². The largest absolute Gasteiger partial charge is 0.299 e. The number of hydrogen-bond acceptors (Lipinski definition) is 3. The normalized spacial score (nSPS) is 48.3. The standard InChI is InChI=1S/C20H27NOS/c1-19-10-8-16-18(23-11-21-16)15(19)4-3-12-13-5-6-17(22)20(13,2)9-7-14(12)19/h11-15H,3-10H2,1-2H3. The van der Waals surface area contributed by atoms with Crippen LogP contribution in [0.4, 0.5) is 0 Å². The molecule has 1 aromatic rings. The molecule has 0 aromatic carbocycles. The molecule has 3 fully saturated rings. The Hall–Kier alpha value is -0.700. The number of carbonyl (C=O) groups is 1. The molecule has 3 saturated carbocycles. The number of ketones is 1. The second kappa shape index (κ2) is 4.68. The lowest BCUT2D eigenvalue weighted by molar-refractivity contribution is -0.134. The molecule has 5 rings (SSSR count). The second-order valence-electron chi connectivity index (χ2n) is 9.09. The third-order valence-electron chi connectivity index (χ3n) is 8.47. The van der Waals surface area contributed by atoms with Crippen LogP contribution in [0.1, 0.15) is 75.3 Å². The van der Waals surface area contributed by atoms with Crippen LogP contribution < -0.4 is 0 Å². The number of hydrogen-bond donors (Lipinski definition) is 0. The van der Waals surface area contributed by atoms with Crippen molar-refractivity contribution in [2.45, 2.75) is 71.1 Å². The van der Waals surface area contributed by atoms with Gasteiger partial charge in [-0.3, -0.25) is 4.79 Å². The average Bonchev–Trinajstić information content (AvgIpc) is 3.12. The van der Waals surface area contributed by atoms with Gasteiger partial charge in [0.1, 0.15) is 5.78 Å². The van der Waals surface area contributed by atoms with Crippen molar-refractivity contribution in [3.63, 3.8) is 0 Å². The number of rotatable bonds is 0. The smallest absolute Gasteiger partial charge is 0.139 e. The number of aryl methyl sites for hydroxylation is 1. The van der Waals surface area contributed by atoms with Gasteiger partial charge in [-0.25, -0.2) is 4.98 Å². The molecule has 6 atom stereocenters. The summed E-state index contributed by atoms with van der Waals surface area (Å²) >= 11 is 1.90. The van der Waals surface area contributed by atoms with Gasteiger partial charge in [0.2, 0.25) is 0 Å². The van der Waals surface area contributed by atoms with E-state index in [0.717, 1.165) is 30.6 Å². The van der Waals surface area contributed by atoms with Crippen molar-refractivity contribution in [3.05, 3.63) is 16.1 Å². The van der Waals surface area contributed by atoms with Gasteiger partial charge in [0.05, 0.1) is 11.2 Å². The molecule has 0 N–H and O–H groups in total. The van der Waals surface area contributed by atoms with E-state index in [1.807, 2.05) is 11.3 Å². The van der Waals surface area contributed by atoms with Crippen molar-refractivity contribution in [2.75, 3.05) is 0 Å². The molecular weight excluding hydrogens is 302 g/mol. The fourth-order valence-corrected chi connectivity index (χ4v) is 8.29. The summed E-state index contributed by atoms with van der Waals surface area (Å²) in [4.78, 5) is 18.7. The zero-order valence-corrected chi connectivity index (χ0v) is 15.1. The highest BCUT2D eigenvalue weighted by molar-refractivity contribution is 7.09. The Labute approximate surface area is 143 Å². The molecule has 23 heavy (non-hydrogen) atoms. The van der Waals surface area contributed by atoms with Crippen molar-refractivity contribution < 1.29 is 4.79 Å². The molecule has 0 radical (unpaired) electrons. The highest BCUT2D eigenvalue weighted by Crippen LogP contribution is 2.67. The van der Waals surface area contributed by atoms with Gasteiger partial charge in [-0.15, -0.1) is 11.3 Å². The van der Waals surface area contributed by atoms with Crippen LogP contribution in [0.3, 0.4) is 0 Å². The third-order valence-corrected chi connectivity index (χ3v) is 9.45. The van der Waals surface area contributed by atoms with Gasteiger partial charge in [-0.05, 0) is 68.1 Å². The Bertz CT molecular complexity index is 666. The van der Waals surface area contributed by atoms with Gasteiger partial charge in [-0.2, -0.15) is 0 Å². The van der Waals surface area contributed by atoms with Gasteiger partial charge >= 0.3 is 0 Å². The number of carbonyl (C=O) groups excluding carboxylic acids is 1. The molecule has 0 amide bonds. The first kappa shape index (κ1) is 14.6. The van der Waals surface area contributed by atoms with E-state index in [-0.39, 0.29) is 5.41 Å². The van der Waals surface area contributed by atoms with Crippen LogP contribution in [0.15, 0.2) is 5.51 Å². The van der Waals surface area contributed by atoms with E-state index in [1.165, 1.54) is 44.2 Å². The van der Waals surface area contributed by atoms with Crippen molar-refractivity contribution in [1.29, 1.82) is 0 Å². The Kier molecular flexibility index (Phi) is 2.98. The Balaban J connectivity index is 1.53. The number of fused-ring (bicyclic) bond motifs is 7. The van der Waals surface area contributed by atoms with Crippen LogP contribution >= 0.6 is 11.3 Å². The van der Waals surface area contributed by atoms with Gasteiger partial charge < -0.3 is 0 Å². The van der Waals surface area contributed by atoms with Gasteiger partial charge in [0.15, 0.2) is 0 Å². The van der Waals surface area contributed by atoms with E-state index in [1.54, 1.807) is 4.88 Å². The predicted molar refractivity (Wildman–Crippen MR) is 92.6 cm³/mol. The first-order chi connectivity index (χ1) is 11.0. The monoisotopic (exact) mass is 329 g/mol. The molecule has 124 valence electrons. The maximum Gasteiger partial charge on any atom is 0.139 e. The molecule has 6 unspecified atom stereocenters. The van der Waals surface area contributed by atoms with Gasteiger partial charge in [0.25, 0.3) is 0 Å². The second-order valence-corrected chi connectivity index (χ2v) is 9.98. The van der Waals surface area contributed by atoms with Crippen LogP contribution in [-0.2, 0) is 11.2 Å². The first-order valence-electron chi connectivity index (χ1n) is 9.49. The SMILES string of the molecule is CC12CCC3C(CCC4c5scnc5CCC43C)C1CCC2=O. The van der Waals surface area contributed by atoms with Crippen molar-refractivity contribution in [1.82, 2.24) is 4.98 Å². The van der Waals surface area contributed by atoms with E-state index in [0.29, 0.717) is 17.1 Å². The number of Topliss-reactive ketones (excluding diaryl/α,β-unsaturated/α-hetero) is 1. The maximum atomic E-state index is 12.5. The molecule has 1 heterocycles. The first-order valence-corrected chi connectivity index (χ1v) is 10.4. The van der Waals surface area contributed by atoms with Crippen LogP contribution in [0.2, 0.25) is 0 Å². The molecule has 2 nitrogen and oxygen atoms in total. The maximum absolute atomic E-state index is 12.5. The van der Waals surface area contributed by atoms with E-state index < -0.39 is 0 Å². The van der Waals surface area contributed by atoms with Crippen molar-refractivity contribution in [3.8, 4) is 0 Å². The minimum atomic E-state index is 0.0225. The number of aromatic nitrogens is 1. The molecule has 0 bridgehead atoms. The summed E-state index contributed by atoms with van der Waals surface area (Å²) in [5, 5.41) is 0. The van der Waals surface area contributed by atoms with E-state index in [9.17, 15) is 4.79 Å². The van der Waals surface area contributed by atoms with Crippen LogP contribution in [0.5, 0.6) is 0 Å². The van der Waals surface area contributed by atoms with Crippen molar-refractivity contribution in [2.24, 2.45) is 28.6 Å². The van der Waals surface area contributed by atoms with Crippen molar-refractivity contribution >= 4 is 17.1 Å². The lowest BCUT2D eigenvalue weighted by Crippen LogP contribution is -2.52. The quantitative estimate of drug-likeness (QED) is 0.671. The Morgan fingerprint density at radius 1 is 1.09 bits per heavy atom. The Morgan fingerprint density at radius 3 is 2.83 bits per heavy atom. The molecule has 4 aliphatic carbocycles. The number of thiazole rings is 1. The summed E-state index contributed by atoms with van der Waals surface area (Å²) in [7, 11) is 0. The van der Waals surface area contributed by atoms with Gasteiger partial charge in [-0.1, -0.05) is 13.8 Å². The summed E-state index contributed by atoms with van der Waals surface area (Å²) in [6, 6.07) is 0. The zero-order chi connectivity index (χ0) is 15.8. The topological polar surface area (TPSA) is 30.0 Å². The molecule has 0 aliphatic heterocycles. The minimum Gasteiger partial charge on any atom is -0.299 e. The molecule has 0 saturated heterocycles. The molecule has 0 spiro atoms. The summed E-state index contributed by atoms with van der Waals surface area (Å²) in [6.45, 7) is 4.87.